The van der Waals surface area contributed by atoms with Gasteiger partial charge in [0.2, 0.25) is 0 Å². The quantitative estimate of drug-likeness (QED) is 0.127. The van der Waals surface area contributed by atoms with Crippen LogP contribution in [-0.2, 0) is 0 Å². The first-order valence-corrected chi connectivity index (χ1v) is 19.5. The van der Waals surface area contributed by atoms with Crippen LogP contribution in [0, 0.1) is 0 Å². The Balaban J connectivity index is 1.12. The van der Waals surface area contributed by atoms with Crippen LogP contribution in [0.3, 0.4) is 0 Å². The van der Waals surface area contributed by atoms with Gasteiger partial charge in [0.05, 0.1) is 7.05 Å². The molecule has 0 aromatic heterocycles. The van der Waals surface area contributed by atoms with E-state index in [1.165, 1.54) is 55.9 Å². The van der Waals surface area contributed by atoms with Gasteiger partial charge in [-0.25, -0.2) is 4.48 Å². The lowest BCUT2D eigenvalue weighted by Gasteiger charge is -2.34. The largest absolute Gasteiger partial charge is 0.310 e. The number of rotatable bonds is 10. The predicted octanol–water partition coefficient (Wildman–Crippen LogP) is 15.4. The number of nitrogens with zero attached hydrogens (tertiary/aromatic N) is 2. The fourth-order valence-electron chi connectivity index (χ4n) is 7.83. The fourth-order valence-corrected chi connectivity index (χ4v) is 7.83. The molecular weight excluding hydrogens is 689 g/mol. The van der Waals surface area contributed by atoms with Crippen molar-refractivity contribution in [2.24, 2.45) is 0 Å². The molecule has 9 aromatic rings. The summed E-state index contributed by atoms with van der Waals surface area (Å²) in [5.74, 6) is 0. The van der Waals surface area contributed by atoms with Crippen molar-refractivity contribution >= 4 is 34.1 Å². The summed E-state index contributed by atoms with van der Waals surface area (Å²) in [4.78, 5) is 2.35. The highest BCUT2D eigenvalue weighted by Crippen LogP contribution is 2.45. The normalized spacial score (nSPS) is 11.2. The molecule has 0 unspecified atom stereocenters. The van der Waals surface area contributed by atoms with Gasteiger partial charge in [0.25, 0.3) is 0 Å². The van der Waals surface area contributed by atoms with E-state index in [1.807, 2.05) is 0 Å². The summed E-state index contributed by atoms with van der Waals surface area (Å²) in [6.07, 6.45) is 0. The van der Waals surface area contributed by atoms with Crippen LogP contribution in [0.25, 0.3) is 44.5 Å². The molecule has 272 valence electrons. The molecule has 0 aliphatic carbocycles. The van der Waals surface area contributed by atoms with Gasteiger partial charge >= 0.3 is 0 Å². The average molecular weight is 732 g/mol. The summed E-state index contributed by atoms with van der Waals surface area (Å²) in [6, 6.07) is 87.3. The minimum absolute atomic E-state index is 0.502. The van der Waals surface area contributed by atoms with E-state index in [4.69, 9.17) is 0 Å². The molecule has 0 aliphatic heterocycles. The zero-order chi connectivity index (χ0) is 38.4. The lowest BCUT2D eigenvalue weighted by molar-refractivity contribution is 0.627. The van der Waals surface area contributed by atoms with Crippen molar-refractivity contribution in [3.05, 3.63) is 243 Å². The molecule has 9 rings (SSSR count). The lowest BCUT2D eigenvalue weighted by Crippen LogP contribution is -2.33. The van der Waals surface area contributed by atoms with Crippen LogP contribution in [0.2, 0.25) is 0 Å². The van der Waals surface area contributed by atoms with Crippen LogP contribution in [0.4, 0.5) is 34.1 Å². The molecule has 57 heavy (non-hydrogen) atoms. The van der Waals surface area contributed by atoms with Gasteiger partial charge in [-0.3, -0.25) is 0 Å². The van der Waals surface area contributed by atoms with Gasteiger partial charge in [0.1, 0.15) is 17.1 Å². The Bertz CT molecular complexity index is 2490. The first-order valence-electron chi connectivity index (χ1n) is 19.5. The minimum Gasteiger partial charge on any atom is -0.310 e. The molecule has 0 heterocycles. The molecule has 0 N–H and O–H groups in total. The summed E-state index contributed by atoms with van der Waals surface area (Å²) in [7, 11) is 2.30. The van der Waals surface area contributed by atoms with Gasteiger partial charge in [-0.05, 0) is 105 Å². The first-order chi connectivity index (χ1) is 28.1. The molecule has 0 amide bonds. The van der Waals surface area contributed by atoms with Crippen LogP contribution in [-0.4, -0.2) is 7.05 Å². The second-order valence-electron chi connectivity index (χ2n) is 14.5. The molecule has 0 fully saturated rings. The van der Waals surface area contributed by atoms with Gasteiger partial charge in [0, 0.05) is 53.5 Å². The van der Waals surface area contributed by atoms with Crippen LogP contribution < -0.4 is 9.38 Å². The van der Waals surface area contributed by atoms with Gasteiger partial charge in [-0.2, -0.15) is 0 Å². The minimum atomic E-state index is 0.502. The topological polar surface area (TPSA) is 3.24 Å². The maximum Gasteiger partial charge on any atom is 0.142 e. The van der Waals surface area contributed by atoms with Crippen molar-refractivity contribution in [3.8, 4) is 44.5 Å². The van der Waals surface area contributed by atoms with Crippen molar-refractivity contribution in [1.82, 2.24) is 4.48 Å². The molecule has 0 atom stereocenters. The Hall–Kier alpha value is -7.26. The predicted molar refractivity (Wildman–Crippen MR) is 243 cm³/mol. The second kappa shape index (κ2) is 15.8. The Morgan fingerprint density at radius 1 is 0.228 bits per heavy atom. The van der Waals surface area contributed by atoms with E-state index in [2.05, 4.69) is 255 Å². The molecule has 0 radical (unpaired) electrons. The van der Waals surface area contributed by atoms with E-state index in [0.717, 1.165) is 22.7 Å². The van der Waals surface area contributed by atoms with Crippen molar-refractivity contribution in [2.75, 3.05) is 11.9 Å². The van der Waals surface area contributed by atoms with Crippen LogP contribution in [0.5, 0.6) is 0 Å². The van der Waals surface area contributed by atoms with Crippen LogP contribution >= 0.6 is 0 Å². The monoisotopic (exact) mass is 731 g/mol. The van der Waals surface area contributed by atoms with Gasteiger partial charge in [-0.1, -0.05) is 146 Å². The smallest absolute Gasteiger partial charge is 0.142 e. The van der Waals surface area contributed by atoms with E-state index < -0.39 is 0 Å². The number of hydrogen-bond acceptors (Lipinski definition) is 1. The van der Waals surface area contributed by atoms with E-state index >= 15 is 0 Å². The second-order valence-corrected chi connectivity index (χ2v) is 14.5. The molecule has 2 nitrogen and oxygen atoms in total. The molecule has 9 aromatic carbocycles. The molecule has 0 saturated heterocycles. The Labute approximate surface area is 336 Å². The maximum atomic E-state index is 2.35. The Kier molecular flexibility index (Phi) is 9.85. The highest BCUT2D eigenvalue weighted by molar-refractivity contribution is 5.82. The maximum absolute atomic E-state index is 2.35. The van der Waals surface area contributed by atoms with Crippen molar-refractivity contribution < 1.29 is 0 Å². The Morgan fingerprint density at radius 2 is 0.421 bits per heavy atom. The standard InChI is InChI=1S/C55H43N2/c1-57(53-36-26-48(27-37-53)44-18-10-4-11-19-44,54-38-28-49(29-39-54)45-20-12-5-13-21-45)55-40-34-52(35-41-55)56(50-30-22-46(23-31-50)42-14-6-2-7-15-42)51-32-24-47(25-33-51)43-16-8-3-9-17-43/h2-41H,1H3/q+1. The third-order valence-electron chi connectivity index (χ3n) is 11.1. The molecular formula is C55H43N2+. The Morgan fingerprint density at radius 3 is 0.684 bits per heavy atom. The lowest BCUT2D eigenvalue weighted by atomic mass is 10.0. The van der Waals surface area contributed by atoms with E-state index in [-0.39, 0.29) is 0 Å². The average Bonchev–Trinajstić information content (AvgIpc) is 3.31. The van der Waals surface area contributed by atoms with Crippen LogP contribution in [0.15, 0.2) is 243 Å². The summed E-state index contributed by atoms with van der Waals surface area (Å²) < 4.78 is 0.502. The molecule has 0 spiro atoms. The van der Waals surface area contributed by atoms with E-state index in [0.29, 0.717) is 4.48 Å². The SMILES string of the molecule is C[N+](c1ccc(-c2ccccc2)cc1)(c1ccc(-c2ccccc2)cc1)c1ccc(N(c2ccc(-c3ccccc3)cc2)c2ccc(-c3ccccc3)cc2)cc1. The molecule has 0 aliphatic rings. The van der Waals surface area contributed by atoms with Gasteiger partial charge in [0.15, 0.2) is 0 Å². The first kappa shape index (κ1) is 35.4. The number of anilines is 3. The van der Waals surface area contributed by atoms with E-state index in [9.17, 15) is 0 Å². The number of quaternary nitrogens is 1. The zero-order valence-electron chi connectivity index (χ0n) is 32.0. The third kappa shape index (κ3) is 7.30. The summed E-state index contributed by atoms with van der Waals surface area (Å²) >= 11 is 0. The van der Waals surface area contributed by atoms with Crippen LogP contribution in [0.1, 0.15) is 0 Å². The molecule has 2 heteroatoms. The number of hydrogen-bond donors (Lipinski definition) is 0. The highest BCUT2D eigenvalue weighted by Gasteiger charge is 2.32. The highest BCUT2D eigenvalue weighted by atomic mass is 15.3. The molecule has 0 bridgehead atoms. The number of benzene rings is 9. The zero-order valence-corrected chi connectivity index (χ0v) is 32.0. The fraction of sp³-hybridized carbons (Fsp3) is 0.0182. The summed E-state index contributed by atoms with van der Waals surface area (Å²) in [6.45, 7) is 0. The van der Waals surface area contributed by atoms with Crippen molar-refractivity contribution in [2.45, 2.75) is 0 Å². The van der Waals surface area contributed by atoms with E-state index in [1.54, 1.807) is 0 Å². The summed E-state index contributed by atoms with van der Waals surface area (Å²) in [5, 5.41) is 0. The van der Waals surface area contributed by atoms with Gasteiger partial charge < -0.3 is 4.90 Å². The summed E-state index contributed by atoms with van der Waals surface area (Å²) in [5.41, 5.74) is 16.4. The van der Waals surface area contributed by atoms with Gasteiger partial charge in [-0.15, -0.1) is 0 Å². The molecule has 0 saturated carbocycles. The van der Waals surface area contributed by atoms with Crippen molar-refractivity contribution in [3.63, 3.8) is 0 Å². The third-order valence-corrected chi connectivity index (χ3v) is 11.1. The van der Waals surface area contributed by atoms with Crippen molar-refractivity contribution in [1.29, 1.82) is 0 Å².